The Hall–Kier alpha value is -1.10. The van der Waals surface area contributed by atoms with Crippen molar-refractivity contribution in [3.63, 3.8) is 0 Å². The van der Waals surface area contributed by atoms with Crippen molar-refractivity contribution in [2.75, 3.05) is 46.4 Å². The lowest BCUT2D eigenvalue weighted by atomic mass is 9.92. The van der Waals surface area contributed by atoms with Gasteiger partial charge < -0.3 is 10.1 Å². The van der Waals surface area contributed by atoms with Gasteiger partial charge >= 0.3 is 0 Å². The lowest BCUT2D eigenvalue weighted by molar-refractivity contribution is -0.00255. The zero-order valence-electron chi connectivity index (χ0n) is 12.1. The zero-order chi connectivity index (χ0) is 13.5. The van der Waals surface area contributed by atoms with E-state index in [2.05, 4.69) is 40.4 Å². The Morgan fingerprint density at radius 3 is 2.80 bits per heavy atom. The molecule has 4 nitrogen and oxygen atoms in total. The number of nitrogens with one attached hydrogen (secondary N) is 1. The Morgan fingerprint density at radius 1 is 1.25 bits per heavy atom. The minimum atomic E-state index is 0.420. The van der Waals surface area contributed by atoms with E-state index < -0.39 is 0 Å². The van der Waals surface area contributed by atoms with Crippen LogP contribution >= 0.6 is 0 Å². The second-order valence-corrected chi connectivity index (χ2v) is 6.14. The van der Waals surface area contributed by atoms with Gasteiger partial charge in [0, 0.05) is 51.2 Å². The van der Waals surface area contributed by atoms with Crippen LogP contribution in [0.4, 0.5) is 0 Å². The average Bonchev–Trinajstić information content (AvgIpc) is 2.97. The summed E-state index contributed by atoms with van der Waals surface area (Å²) in [6.07, 6.45) is 1.06. The SMILES string of the molecule is CNC(c1ccc2c(c1)CCO2)C1CN2CCN1CC2. The third-order valence-electron chi connectivity index (χ3n) is 5.09. The molecule has 4 aliphatic heterocycles. The van der Waals surface area contributed by atoms with Crippen LogP contribution in [0, 0.1) is 0 Å². The van der Waals surface area contributed by atoms with Gasteiger partial charge in [0.2, 0.25) is 0 Å². The number of likely N-dealkylation sites (N-methyl/N-ethyl adjacent to an activating group) is 1. The minimum absolute atomic E-state index is 0.420. The molecule has 0 amide bonds. The second-order valence-electron chi connectivity index (χ2n) is 6.14. The molecule has 0 aromatic heterocycles. The standard InChI is InChI=1S/C16H23N3O/c1-17-16(14-11-18-5-7-19(14)8-6-18)13-2-3-15-12(10-13)4-9-20-15/h2-3,10,14,16-17H,4-9,11H2,1H3. The summed E-state index contributed by atoms with van der Waals surface area (Å²) in [5.74, 6) is 1.08. The van der Waals surface area contributed by atoms with Crippen LogP contribution in [0.25, 0.3) is 0 Å². The Morgan fingerprint density at radius 2 is 2.10 bits per heavy atom. The van der Waals surface area contributed by atoms with Crippen LogP contribution in [-0.2, 0) is 6.42 Å². The van der Waals surface area contributed by atoms with E-state index in [0.717, 1.165) is 18.8 Å². The highest BCUT2D eigenvalue weighted by Gasteiger charge is 2.37. The molecule has 0 saturated carbocycles. The lowest BCUT2D eigenvalue weighted by Crippen LogP contribution is -2.63. The number of hydrogen-bond acceptors (Lipinski definition) is 4. The number of piperazine rings is 3. The van der Waals surface area contributed by atoms with Gasteiger partial charge in [-0.15, -0.1) is 0 Å². The Labute approximate surface area is 120 Å². The highest BCUT2D eigenvalue weighted by atomic mass is 16.5. The number of ether oxygens (including phenoxy) is 1. The number of rotatable bonds is 3. The molecule has 3 saturated heterocycles. The molecular formula is C16H23N3O. The van der Waals surface area contributed by atoms with Crippen molar-refractivity contribution in [2.45, 2.75) is 18.5 Å². The largest absolute Gasteiger partial charge is 0.493 e. The van der Waals surface area contributed by atoms with Crippen molar-refractivity contribution in [3.8, 4) is 5.75 Å². The van der Waals surface area contributed by atoms with Crippen molar-refractivity contribution in [1.82, 2.24) is 15.1 Å². The van der Waals surface area contributed by atoms with Crippen molar-refractivity contribution < 1.29 is 4.74 Å². The van der Waals surface area contributed by atoms with Gasteiger partial charge in [-0.3, -0.25) is 9.80 Å². The van der Waals surface area contributed by atoms with Crippen molar-refractivity contribution in [2.24, 2.45) is 0 Å². The molecule has 0 radical (unpaired) electrons. The normalized spacial score (nSPS) is 32.8. The van der Waals surface area contributed by atoms with Crippen LogP contribution in [0.3, 0.4) is 0 Å². The molecule has 0 aliphatic carbocycles. The van der Waals surface area contributed by atoms with E-state index in [9.17, 15) is 0 Å². The lowest BCUT2D eigenvalue weighted by Gasteiger charge is -2.50. The van der Waals surface area contributed by atoms with Crippen LogP contribution in [0.15, 0.2) is 18.2 Å². The molecule has 4 heterocycles. The molecule has 20 heavy (non-hydrogen) atoms. The molecule has 1 aromatic rings. The highest BCUT2D eigenvalue weighted by molar-refractivity contribution is 5.41. The number of fused-ring (bicyclic) bond motifs is 4. The molecule has 3 fully saturated rings. The van der Waals surface area contributed by atoms with Gasteiger partial charge in [0.1, 0.15) is 5.75 Å². The highest BCUT2D eigenvalue weighted by Crippen LogP contribution is 2.32. The predicted molar refractivity (Wildman–Crippen MR) is 79.2 cm³/mol. The molecule has 1 aromatic carbocycles. The fraction of sp³-hybridized carbons (Fsp3) is 0.625. The van der Waals surface area contributed by atoms with Crippen LogP contribution in [-0.4, -0.2) is 62.2 Å². The molecule has 2 unspecified atom stereocenters. The van der Waals surface area contributed by atoms with E-state index in [-0.39, 0.29) is 0 Å². The molecule has 2 atom stereocenters. The van der Waals surface area contributed by atoms with Gasteiger partial charge in [-0.25, -0.2) is 0 Å². The van der Waals surface area contributed by atoms with E-state index in [4.69, 9.17) is 4.74 Å². The van der Waals surface area contributed by atoms with Crippen molar-refractivity contribution in [3.05, 3.63) is 29.3 Å². The number of nitrogens with zero attached hydrogens (tertiary/aromatic N) is 2. The fourth-order valence-electron chi connectivity index (χ4n) is 3.95. The molecule has 4 heteroatoms. The van der Waals surface area contributed by atoms with Gasteiger partial charge in [-0.1, -0.05) is 12.1 Å². The van der Waals surface area contributed by atoms with Crippen LogP contribution in [0.2, 0.25) is 0 Å². The van der Waals surface area contributed by atoms with E-state index in [1.54, 1.807) is 0 Å². The van der Waals surface area contributed by atoms with Crippen LogP contribution in [0.5, 0.6) is 5.75 Å². The van der Waals surface area contributed by atoms with Crippen molar-refractivity contribution in [1.29, 1.82) is 0 Å². The van der Waals surface area contributed by atoms with E-state index >= 15 is 0 Å². The predicted octanol–water partition coefficient (Wildman–Crippen LogP) is 0.882. The third kappa shape index (κ3) is 2.03. The average molecular weight is 273 g/mol. The maximum Gasteiger partial charge on any atom is 0.122 e. The summed E-state index contributed by atoms with van der Waals surface area (Å²) in [7, 11) is 2.09. The second kappa shape index (κ2) is 5.02. The van der Waals surface area contributed by atoms with E-state index in [1.807, 2.05) is 0 Å². The molecule has 0 spiro atoms. The molecular weight excluding hydrogens is 250 g/mol. The maximum atomic E-state index is 5.62. The summed E-state index contributed by atoms with van der Waals surface area (Å²) in [5.41, 5.74) is 2.79. The van der Waals surface area contributed by atoms with Gasteiger partial charge in [0.15, 0.2) is 0 Å². The summed E-state index contributed by atoms with van der Waals surface area (Å²) in [6.45, 7) is 6.95. The summed E-state index contributed by atoms with van der Waals surface area (Å²) in [5, 5.41) is 3.55. The number of benzene rings is 1. The topological polar surface area (TPSA) is 27.7 Å². The van der Waals surface area contributed by atoms with Gasteiger partial charge in [-0.05, 0) is 24.2 Å². The Bertz CT molecular complexity index is 496. The fourth-order valence-corrected chi connectivity index (χ4v) is 3.95. The van der Waals surface area contributed by atoms with Crippen molar-refractivity contribution >= 4 is 0 Å². The quantitative estimate of drug-likeness (QED) is 0.885. The van der Waals surface area contributed by atoms with E-state index in [1.165, 1.54) is 43.9 Å². The first-order valence-electron chi connectivity index (χ1n) is 7.74. The third-order valence-corrected chi connectivity index (χ3v) is 5.09. The Kier molecular flexibility index (Phi) is 3.17. The Balaban J connectivity index is 1.61. The van der Waals surface area contributed by atoms with Gasteiger partial charge in [0.05, 0.1) is 6.61 Å². The van der Waals surface area contributed by atoms with Crippen LogP contribution in [0.1, 0.15) is 17.2 Å². The molecule has 108 valence electrons. The van der Waals surface area contributed by atoms with Gasteiger partial charge in [-0.2, -0.15) is 0 Å². The minimum Gasteiger partial charge on any atom is -0.493 e. The van der Waals surface area contributed by atoms with Crippen LogP contribution < -0.4 is 10.1 Å². The van der Waals surface area contributed by atoms with Gasteiger partial charge in [0.25, 0.3) is 0 Å². The smallest absolute Gasteiger partial charge is 0.122 e. The first-order valence-corrected chi connectivity index (χ1v) is 7.74. The summed E-state index contributed by atoms with van der Waals surface area (Å²) in [6, 6.07) is 7.76. The molecule has 4 aliphatic rings. The summed E-state index contributed by atoms with van der Waals surface area (Å²) < 4.78 is 5.62. The zero-order valence-corrected chi connectivity index (χ0v) is 12.1. The maximum absolute atomic E-state index is 5.62. The monoisotopic (exact) mass is 273 g/mol. The van der Waals surface area contributed by atoms with E-state index in [0.29, 0.717) is 12.1 Å². The first-order chi connectivity index (χ1) is 9.85. The number of hydrogen-bond donors (Lipinski definition) is 1. The summed E-state index contributed by atoms with van der Waals surface area (Å²) in [4.78, 5) is 5.26. The molecule has 2 bridgehead atoms. The first kappa shape index (κ1) is 12.6. The molecule has 5 rings (SSSR count). The summed E-state index contributed by atoms with van der Waals surface area (Å²) >= 11 is 0. The molecule has 1 N–H and O–H groups in total.